The van der Waals surface area contributed by atoms with E-state index in [1.807, 2.05) is 69.3 Å². The zero-order valence-electron chi connectivity index (χ0n) is 15.1. The molecule has 0 heterocycles. The van der Waals surface area contributed by atoms with E-state index in [9.17, 15) is 9.59 Å². The molecule has 0 saturated carbocycles. The topological polar surface area (TPSA) is 58.2 Å². The monoisotopic (exact) mass is 338 g/mol. The third-order valence-corrected chi connectivity index (χ3v) is 4.12. The summed E-state index contributed by atoms with van der Waals surface area (Å²) in [6.07, 6.45) is 2.30. The summed E-state index contributed by atoms with van der Waals surface area (Å²) in [5.41, 5.74) is 3.66. The lowest BCUT2D eigenvalue weighted by atomic mass is 9.99. The number of hydrogen-bond acceptors (Lipinski definition) is 2. The van der Waals surface area contributed by atoms with Crippen LogP contribution < -0.4 is 10.6 Å². The molecule has 0 aliphatic heterocycles. The van der Waals surface area contributed by atoms with Crippen LogP contribution >= 0.6 is 0 Å². The summed E-state index contributed by atoms with van der Waals surface area (Å²) in [5, 5.41) is 5.71. The Balaban J connectivity index is 2.07. The number of amides is 2. The molecule has 4 nitrogen and oxygen atoms in total. The van der Waals surface area contributed by atoms with E-state index in [2.05, 4.69) is 10.6 Å². The molecule has 0 fully saturated rings. The summed E-state index contributed by atoms with van der Waals surface area (Å²) >= 11 is 0. The second kappa shape index (κ2) is 9.02. The number of anilines is 2. The van der Waals surface area contributed by atoms with Gasteiger partial charge in [-0.2, -0.15) is 0 Å². The Hall–Kier alpha value is -2.62. The molecule has 0 saturated heterocycles. The minimum atomic E-state index is -0.706. The Morgan fingerprint density at radius 3 is 1.56 bits per heavy atom. The number of benzene rings is 2. The molecular formula is C21H26N2O2. The van der Waals surface area contributed by atoms with Gasteiger partial charge in [0.1, 0.15) is 5.92 Å². The predicted octanol–water partition coefficient (Wildman–Crippen LogP) is 4.69. The Morgan fingerprint density at radius 2 is 1.20 bits per heavy atom. The van der Waals surface area contributed by atoms with Crippen LogP contribution in [0, 0.1) is 19.8 Å². The first-order valence-electron chi connectivity index (χ1n) is 8.74. The lowest BCUT2D eigenvalue weighted by molar-refractivity contribution is -0.129. The highest BCUT2D eigenvalue weighted by Crippen LogP contribution is 2.17. The predicted molar refractivity (Wildman–Crippen MR) is 103 cm³/mol. The van der Waals surface area contributed by atoms with Gasteiger partial charge < -0.3 is 10.6 Å². The van der Waals surface area contributed by atoms with E-state index in [1.165, 1.54) is 0 Å². The molecule has 25 heavy (non-hydrogen) atoms. The van der Waals surface area contributed by atoms with Crippen LogP contribution in [0.3, 0.4) is 0 Å². The van der Waals surface area contributed by atoms with Crippen molar-refractivity contribution < 1.29 is 9.59 Å². The number of rotatable bonds is 7. The maximum absolute atomic E-state index is 12.6. The number of nitrogens with one attached hydrogen (secondary N) is 2. The van der Waals surface area contributed by atoms with Gasteiger partial charge in [-0.1, -0.05) is 55.2 Å². The van der Waals surface area contributed by atoms with Crippen molar-refractivity contribution in [3.63, 3.8) is 0 Å². The fourth-order valence-electron chi connectivity index (χ4n) is 2.52. The van der Waals surface area contributed by atoms with E-state index in [0.29, 0.717) is 17.8 Å². The minimum Gasteiger partial charge on any atom is -0.325 e. The Kier molecular flexibility index (Phi) is 6.75. The molecule has 2 amide bonds. The van der Waals surface area contributed by atoms with Crippen LogP contribution in [0.15, 0.2) is 48.5 Å². The molecule has 4 heteroatoms. The standard InChI is InChI=1S/C21H26N2O2/c1-4-5-6-19(20(24)22-17-11-7-15(2)8-12-17)21(25)23-18-13-9-16(3)10-14-18/h7-14,19H,4-6H2,1-3H3,(H,22,24)(H,23,25). The van der Waals surface area contributed by atoms with Gasteiger partial charge >= 0.3 is 0 Å². The average molecular weight is 338 g/mol. The van der Waals surface area contributed by atoms with E-state index >= 15 is 0 Å². The molecule has 2 N–H and O–H groups in total. The van der Waals surface area contributed by atoms with Crippen LogP contribution in [-0.2, 0) is 9.59 Å². The highest BCUT2D eigenvalue weighted by molar-refractivity contribution is 6.10. The van der Waals surface area contributed by atoms with E-state index in [0.717, 1.165) is 24.0 Å². The Morgan fingerprint density at radius 1 is 0.800 bits per heavy atom. The Labute approximate surface area is 149 Å². The largest absolute Gasteiger partial charge is 0.325 e. The minimum absolute atomic E-state index is 0.262. The fourth-order valence-corrected chi connectivity index (χ4v) is 2.52. The van der Waals surface area contributed by atoms with Crippen LogP contribution in [0.5, 0.6) is 0 Å². The van der Waals surface area contributed by atoms with Gasteiger partial charge in [0.25, 0.3) is 0 Å². The van der Waals surface area contributed by atoms with Crippen LogP contribution in [0.1, 0.15) is 37.3 Å². The zero-order chi connectivity index (χ0) is 18.2. The first-order chi connectivity index (χ1) is 12.0. The van der Waals surface area contributed by atoms with Crippen molar-refractivity contribution in [3.8, 4) is 0 Å². The average Bonchev–Trinajstić information content (AvgIpc) is 2.59. The summed E-state index contributed by atoms with van der Waals surface area (Å²) in [5.74, 6) is -1.23. The van der Waals surface area contributed by atoms with Crippen LogP contribution in [0.4, 0.5) is 11.4 Å². The molecule has 132 valence electrons. The molecular weight excluding hydrogens is 312 g/mol. The number of carbonyl (C=O) groups excluding carboxylic acids is 2. The molecule has 0 aliphatic rings. The van der Waals surface area contributed by atoms with E-state index in [-0.39, 0.29) is 11.8 Å². The van der Waals surface area contributed by atoms with Gasteiger partial charge in [0, 0.05) is 11.4 Å². The Bertz CT molecular complexity index is 646. The summed E-state index contributed by atoms with van der Waals surface area (Å²) in [7, 11) is 0. The van der Waals surface area contributed by atoms with Crippen molar-refractivity contribution in [3.05, 3.63) is 59.7 Å². The second-order valence-corrected chi connectivity index (χ2v) is 6.41. The number of unbranched alkanes of at least 4 members (excludes halogenated alkanes) is 1. The maximum Gasteiger partial charge on any atom is 0.236 e. The molecule has 0 radical (unpaired) electrons. The summed E-state index contributed by atoms with van der Waals surface area (Å²) in [6.45, 7) is 6.03. The van der Waals surface area contributed by atoms with Crippen molar-refractivity contribution in [2.75, 3.05) is 10.6 Å². The SMILES string of the molecule is CCCCC(C(=O)Nc1ccc(C)cc1)C(=O)Nc1ccc(C)cc1. The van der Waals surface area contributed by atoms with E-state index in [1.54, 1.807) is 0 Å². The highest BCUT2D eigenvalue weighted by Gasteiger charge is 2.26. The molecule has 2 aromatic rings. The van der Waals surface area contributed by atoms with Crippen LogP contribution in [0.2, 0.25) is 0 Å². The highest BCUT2D eigenvalue weighted by atomic mass is 16.2. The van der Waals surface area contributed by atoms with Gasteiger partial charge in [0.2, 0.25) is 11.8 Å². The van der Waals surface area contributed by atoms with Gasteiger partial charge in [0.15, 0.2) is 0 Å². The molecule has 0 unspecified atom stereocenters. The fraction of sp³-hybridized carbons (Fsp3) is 0.333. The van der Waals surface area contributed by atoms with Crippen LogP contribution in [0.25, 0.3) is 0 Å². The van der Waals surface area contributed by atoms with E-state index in [4.69, 9.17) is 0 Å². The second-order valence-electron chi connectivity index (χ2n) is 6.41. The summed E-state index contributed by atoms with van der Waals surface area (Å²) in [6, 6.07) is 15.1. The lowest BCUT2D eigenvalue weighted by Gasteiger charge is -2.17. The smallest absolute Gasteiger partial charge is 0.236 e. The molecule has 0 aliphatic carbocycles. The summed E-state index contributed by atoms with van der Waals surface area (Å²) < 4.78 is 0. The molecule has 0 aromatic heterocycles. The molecule has 0 atom stereocenters. The van der Waals surface area contributed by atoms with Gasteiger partial charge in [-0.05, 0) is 44.5 Å². The van der Waals surface area contributed by atoms with E-state index < -0.39 is 5.92 Å². The maximum atomic E-state index is 12.6. The van der Waals surface area contributed by atoms with Gasteiger partial charge in [-0.15, -0.1) is 0 Å². The number of hydrogen-bond donors (Lipinski definition) is 2. The first kappa shape index (κ1) is 18.7. The number of aryl methyl sites for hydroxylation is 2. The quantitative estimate of drug-likeness (QED) is 0.720. The van der Waals surface area contributed by atoms with Crippen molar-refractivity contribution in [2.45, 2.75) is 40.0 Å². The van der Waals surface area contributed by atoms with Gasteiger partial charge in [-0.25, -0.2) is 0 Å². The molecule has 0 bridgehead atoms. The normalized spacial score (nSPS) is 10.6. The van der Waals surface area contributed by atoms with Crippen molar-refractivity contribution >= 4 is 23.2 Å². The molecule has 0 spiro atoms. The molecule has 2 rings (SSSR count). The lowest BCUT2D eigenvalue weighted by Crippen LogP contribution is -2.33. The molecule has 2 aromatic carbocycles. The van der Waals surface area contributed by atoms with Crippen LogP contribution in [-0.4, -0.2) is 11.8 Å². The van der Waals surface area contributed by atoms with Gasteiger partial charge in [0.05, 0.1) is 0 Å². The number of carbonyl (C=O) groups is 2. The van der Waals surface area contributed by atoms with Crippen molar-refractivity contribution in [1.82, 2.24) is 0 Å². The third kappa shape index (κ3) is 5.75. The van der Waals surface area contributed by atoms with Crippen molar-refractivity contribution in [2.24, 2.45) is 5.92 Å². The zero-order valence-corrected chi connectivity index (χ0v) is 15.1. The van der Waals surface area contributed by atoms with Crippen molar-refractivity contribution in [1.29, 1.82) is 0 Å². The third-order valence-electron chi connectivity index (χ3n) is 4.12. The first-order valence-corrected chi connectivity index (χ1v) is 8.74. The van der Waals surface area contributed by atoms with Gasteiger partial charge in [-0.3, -0.25) is 9.59 Å². The summed E-state index contributed by atoms with van der Waals surface area (Å²) in [4.78, 5) is 25.2.